The highest BCUT2D eigenvalue weighted by Crippen LogP contribution is 2.23. The highest BCUT2D eigenvalue weighted by Gasteiger charge is 2.23. The molecule has 19 heavy (non-hydrogen) atoms. The third kappa shape index (κ3) is 4.33. The lowest BCUT2D eigenvalue weighted by Gasteiger charge is -2.20. The van der Waals surface area contributed by atoms with Crippen LogP contribution in [-0.4, -0.2) is 16.8 Å². The van der Waals surface area contributed by atoms with Gasteiger partial charge >= 0.3 is 0 Å². The third-order valence-corrected chi connectivity index (χ3v) is 2.57. The lowest BCUT2D eigenvalue weighted by Crippen LogP contribution is -2.29. The summed E-state index contributed by atoms with van der Waals surface area (Å²) in [6.45, 7) is 5.40. The first-order chi connectivity index (χ1) is 8.71. The molecule has 0 bridgehead atoms. The SMILES string of the molecule is CC(C)(C)C(=O)Nc1ncccc1C(N)CC(N)=O. The summed E-state index contributed by atoms with van der Waals surface area (Å²) >= 11 is 0. The molecule has 2 amide bonds. The zero-order valence-corrected chi connectivity index (χ0v) is 11.4. The Kier molecular flexibility index (Phi) is 4.61. The molecular formula is C13H20N4O2. The van der Waals surface area contributed by atoms with Gasteiger partial charge in [0.15, 0.2) is 0 Å². The van der Waals surface area contributed by atoms with Crippen molar-refractivity contribution in [1.29, 1.82) is 0 Å². The molecule has 1 atom stereocenters. The molecule has 1 heterocycles. The lowest BCUT2D eigenvalue weighted by atomic mass is 9.95. The van der Waals surface area contributed by atoms with Gasteiger partial charge in [-0.15, -0.1) is 0 Å². The van der Waals surface area contributed by atoms with Crippen LogP contribution >= 0.6 is 0 Å². The van der Waals surface area contributed by atoms with Gasteiger partial charge in [-0.1, -0.05) is 26.8 Å². The summed E-state index contributed by atoms with van der Waals surface area (Å²) in [5.41, 5.74) is 11.1. The van der Waals surface area contributed by atoms with E-state index in [1.165, 1.54) is 0 Å². The summed E-state index contributed by atoms with van der Waals surface area (Å²) in [7, 11) is 0. The van der Waals surface area contributed by atoms with Crippen LogP contribution in [0.5, 0.6) is 0 Å². The van der Waals surface area contributed by atoms with Crippen LogP contribution in [0.1, 0.15) is 38.8 Å². The molecule has 1 rings (SSSR count). The highest BCUT2D eigenvalue weighted by atomic mass is 16.2. The van der Waals surface area contributed by atoms with E-state index in [9.17, 15) is 9.59 Å². The molecule has 0 fully saturated rings. The molecule has 0 aliphatic heterocycles. The minimum atomic E-state index is -0.582. The van der Waals surface area contributed by atoms with Crippen molar-refractivity contribution in [2.45, 2.75) is 33.2 Å². The van der Waals surface area contributed by atoms with E-state index in [0.29, 0.717) is 11.4 Å². The summed E-state index contributed by atoms with van der Waals surface area (Å²) in [6, 6.07) is 2.84. The fourth-order valence-corrected chi connectivity index (χ4v) is 1.44. The largest absolute Gasteiger partial charge is 0.370 e. The Hall–Kier alpha value is -1.95. The second-order valence-electron chi connectivity index (χ2n) is 5.42. The quantitative estimate of drug-likeness (QED) is 0.751. The number of carbonyl (C=O) groups excluding carboxylic acids is 2. The maximum Gasteiger partial charge on any atom is 0.230 e. The second kappa shape index (κ2) is 5.79. The van der Waals surface area contributed by atoms with Gasteiger partial charge in [0.2, 0.25) is 11.8 Å². The molecule has 0 aromatic carbocycles. The number of nitrogens with two attached hydrogens (primary N) is 2. The van der Waals surface area contributed by atoms with Gasteiger partial charge in [-0.2, -0.15) is 0 Å². The molecule has 0 aliphatic carbocycles. The molecule has 0 saturated heterocycles. The maximum atomic E-state index is 11.9. The standard InChI is InChI=1S/C13H20N4O2/c1-13(2,3)12(19)17-11-8(5-4-6-16-11)9(14)7-10(15)18/h4-6,9H,7,14H2,1-3H3,(H2,15,18)(H,16,17,19). The summed E-state index contributed by atoms with van der Waals surface area (Å²) in [5, 5.41) is 2.72. The lowest BCUT2D eigenvalue weighted by molar-refractivity contribution is -0.123. The van der Waals surface area contributed by atoms with Crippen molar-refractivity contribution in [3.63, 3.8) is 0 Å². The average molecular weight is 264 g/mol. The topological polar surface area (TPSA) is 111 Å². The van der Waals surface area contributed by atoms with Crippen LogP contribution in [0.25, 0.3) is 0 Å². The predicted molar refractivity (Wildman–Crippen MR) is 73.1 cm³/mol. The van der Waals surface area contributed by atoms with Gasteiger partial charge in [-0.05, 0) is 6.07 Å². The van der Waals surface area contributed by atoms with Crippen molar-refractivity contribution in [1.82, 2.24) is 4.98 Å². The number of pyridine rings is 1. The molecule has 5 N–H and O–H groups in total. The molecular weight excluding hydrogens is 244 g/mol. The van der Waals surface area contributed by atoms with Crippen molar-refractivity contribution in [2.75, 3.05) is 5.32 Å². The number of rotatable bonds is 4. The van der Waals surface area contributed by atoms with Gasteiger partial charge in [0.05, 0.1) is 0 Å². The van der Waals surface area contributed by atoms with Crippen LogP contribution in [0.3, 0.4) is 0 Å². The average Bonchev–Trinajstić information content (AvgIpc) is 2.27. The monoisotopic (exact) mass is 264 g/mol. The van der Waals surface area contributed by atoms with Gasteiger partial charge in [0.1, 0.15) is 5.82 Å². The summed E-state index contributed by atoms with van der Waals surface area (Å²) in [4.78, 5) is 27.0. The zero-order chi connectivity index (χ0) is 14.6. The fraction of sp³-hybridized carbons (Fsp3) is 0.462. The van der Waals surface area contributed by atoms with Crippen molar-refractivity contribution < 1.29 is 9.59 Å². The smallest absolute Gasteiger partial charge is 0.230 e. The van der Waals surface area contributed by atoms with E-state index >= 15 is 0 Å². The van der Waals surface area contributed by atoms with Crippen LogP contribution in [0.4, 0.5) is 5.82 Å². The Bertz CT molecular complexity index is 480. The van der Waals surface area contributed by atoms with E-state index in [4.69, 9.17) is 11.5 Å². The van der Waals surface area contributed by atoms with Crippen LogP contribution in [0.15, 0.2) is 18.3 Å². The Labute approximate surface area is 112 Å². The van der Waals surface area contributed by atoms with Crippen LogP contribution in [0, 0.1) is 5.41 Å². The molecule has 0 saturated carbocycles. The molecule has 0 spiro atoms. The molecule has 1 unspecified atom stereocenters. The summed E-state index contributed by atoms with van der Waals surface area (Å²) in [5.74, 6) is -0.292. The normalized spacial score (nSPS) is 12.8. The van der Waals surface area contributed by atoms with Crippen molar-refractivity contribution in [3.05, 3.63) is 23.9 Å². The Morgan fingerprint density at radius 3 is 2.58 bits per heavy atom. The number of aromatic nitrogens is 1. The first kappa shape index (κ1) is 15.1. The number of anilines is 1. The first-order valence-corrected chi connectivity index (χ1v) is 6.02. The predicted octanol–water partition coefficient (Wildman–Crippen LogP) is 0.941. The number of nitrogens with one attached hydrogen (secondary N) is 1. The van der Waals surface area contributed by atoms with Gasteiger partial charge < -0.3 is 16.8 Å². The number of carbonyl (C=O) groups is 2. The number of nitrogens with zero attached hydrogens (tertiary/aromatic N) is 1. The zero-order valence-electron chi connectivity index (χ0n) is 11.4. The Morgan fingerprint density at radius 1 is 1.42 bits per heavy atom. The first-order valence-electron chi connectivity index (χ1n) is 6.02. The van der Waals surface area contributed by atoms with Gasteiger partial charge in [0.25, 0.3) is 0 Å². The summed E-state index contributed by atoms with van der Waals surface area (Å²) < 4.78 is 0. The minimum Gasteiger partial charge on any atom is -0.370 e. The maximum absolute atomic E-state index is 11.9. The van der Waals surface area contributed by atoms with Gasteiger partial charge in [0, 0.05) is 29.6 Å². The van der Waals surface area contributed by atoms with E-state index < -0.39 is 17.4 Å². The van der Waals surface area contributed by atoms with E-state index in [-0.39, 0.29) is 12.3 Å². The van der Waals surface area contributed by atoms with Crippen LogP contribution in [-0.2, 0) is 9.59 Å². The highest BCUT2D eigenvalue weighted by molar-refractivity contribution is 5.94. The second-order valence-corrected chi connectivity index (χ2v) is 5.42. The molecule has 1 aromatic heterocycles. The third-order valence-electron chi connectivity index (χ3n) is 2.57. The molecule has 6 nitrogen and oxygen atoms in total. The Balaban J connectivity index is 2.96. The van der Waals surface area contributed by atoms with Crippen LogP contribution < -0.4 is 16.8 Å². The molecule has 0 aliphatic rings. The molecule has 6 heteroatoms. The van der Waals surface area contributed by atoms with Gasteiger partial charge in [-0.3, -0.25) is 9.59 Å². The van der Waals surface area contributed by atoms with Gasteiger partial charge in [-0.25, -0.2) is 4.98 Å². The molecule has 1 aromatic rings. The van der Waals surface area contributed by atoms with Crippen molar-refractivity contribution in [3.8, 4) is 0 Å². The Morgan fingerprint density at radius 2 is 2.05 bits per heavy atom. The number of hydrogen-bond acceptors (Lipinski definition) is 4. The number of amides is 2. The van der Waals surface area contributed by atoms with Crippen LogP contribution in [0.2, 0.25) is 0 Å². The fourth-order valence-electron chi connectivity index (χ4n) is 1.44. The van der Waals surface area contributed by atoms with E-state index in [1.54, 1.807) is 39.1 Å². The van der Waals surface area contributed by atoms with E-state index in [0.717, 1.165) is 0 Å². The number of primary amides is 1. The summed E-state index contributed by atoms with van der Waals surface area (Å²) in [6.07, 6.45) is 1.56. The van der Waals surface area contributed by atoms with E-state index in [2.05, 4.69) is 10.3 Å². The molecule has 0 radical (unpaired) electrons. The van der Waals surface area contributed by atoms with E-state index in [1.807, 2.05) is 0 Å². The number of hydrogen-bond donors (Lipinski definition) is 3. The minimum absolute atomic E-state index is 0.00405. The molecule has 104 valence electrons. The van der Waals surface area contributed by atoms with Crippen molar-refractivity contribution in [2.24, 2.45) is 16.9 Å². The van der Waals surface area contributed by atoms with Crippen molar-refractivity contribution >= 4 is 17.6 Å².